The molecule has 0 aliphatic carbocycles. The Morgan fingerprint density at radius 2 is 1.58 bits per heavy atom. The second-order valence-electron chi connectivity index (χ2n) is 8.34. The van der Waals surface area contributed by atoms with Crippen molar-refractivity contribution in [1.29, 1.82) is 0 Å². The van der Waals surface area contributed by atoms with Crippen LogP contribution >= 0.6 is 23.2 Å². The number of nitrogens with one attached hydrogen (secondary N) is 1. The number of carbonyl (C=O) groups is 2. The molecule has 2 aromatic carbocycles. The number of aromatic nitrogens is 1. The van der Waals surface area contributed by atoms with Crippen LogP contribution in [-0.4, -0.2) is 30.1 Å². The Hall–Kier alpha value is -3.15. The summed E-state index contributed by atoms with van der Waals surface area (Å²) in [4.78, 5) is 31.0. The molecular formula is C23H16Cl2F3N3O4S. The van der Waals surface area contributed by atoms with E-state index in [4.69, 9.17) is 23.2 Å². The molecule has 7 nitrogen and oxygen atoms in total. The maximum absolute atomic E-state index is 13.5. The average molecular weight is 558 g/mol. The zero-order chi connectivity index (χ0) is 26.6. The minimum Gasteiger partial charge on any atom is -0.279 e. The molecule has 3 aromatic rings. The van der Waals surface area contributed by atoms with Crippen molar-refractivity contribution >= 4 is 50.7 Å². The van der Waals surface area contributed by atoms with E-state index < -0.39 is 49.0 Å². The molecule has 1 N–H and O–H groups in total. The zero-order valence-corrected chi connectivity index (χ0v) is 20.8. The highest BCUT2D eigenvalue weighted by molar-refractivity contribution is 7.92. The lowest BCUT2D eigenvalue weighted by Gasteiger charge is -2.34. The van der Waals surface area contributed by atoms with Gasteiger partial charge in [0.1, 0.15) is 0 Å². The van der Waals surface area contributed by atoms with E-state index in [-0.39, 0.29) is 21.8 Å². The number of anilines is 1. The number of pyridine rings is 1. The van der Waals surface area contributed by atoms with Gasteiger partial charge in [-0.2, -0.15) is 13.2 Å². The van der Waals surface area contributed by atoms with Crippen LogP contribution in [0.15, 0.2) is 59.8 Å². The number of fused-ring (bicyclic) bond motifs is 1. The fourth-order valence-electron chi connectivity index (χ4n) is 3.86. The van der Waals surface area contributed by atoms with Crippen LogP contribution in [0.25, 0.3) is 0 Å². The van der Waals surface area contributed by atoms with Crippen LogP contribution in [-0.2, 0) is 21.7 Å². The highest BCUT2D eigenvalue weighted by atomic mass is 35.5. The SMILES string of the molecule is CC(C)(c1cccnc1)N1C(=O)c2c(Cl)ccc(NS(=O)(=O)c3ccc(Cl)c(C(F)(F)F)c3)c2C1=O. The monoisotopic (exact) mass is 557 g/mol. The van der Waals surface area contributed by atoms with E-state index in [1.165, 1.54) is 18.5 Å². The van der Waals surface area contributed by atoms with Crippen LogP contribution in [0.4, 0.5) is 18.9 Å². The van der Waals surface area contributed by atoms with Gasteiger partial charge in [-0.1, -0.05) is 29.3 Å². The topological polar surface area (TPSA) is 96.4 Å². The Labute approximate surface area is 213 Å². The van der Waals surface area contributed by atoms with E-state index >= 15 is 0 Å². The number of benzene rings is 2. The number of carbonyl (C=O) groups excluding carboxylic acids is 2. The molecule has 2 amide bonds. The minimum atomic E-state index is -4.90. The first kappa shape index (κ1) is 25.9. The van der Waals surface area contributed by atoms with Gasteiger partial charge < -0.3 is 0 Å². The highest BCUT2D eigenvalue weighted by Gasteiger charge is 2.47. The van der Waals surface area contributed by atoms with Crippen LogP contribution in [0.3, 0.4) is 0 Å². The van der Waals surface area contributed by atoms with E-state index in [1.54, 1.807) is 26.0 Å². The molecule has 13 heteroatoms. The molecule has 0 bridgehead atoms. The molecule has 0 spiro atoms. The molecule has 1 aromatic heterocycles. The number of imide groups is 1. The van der Waals surface area contributed by atoms with Crippen molar-refractivity contribution in [3.63, 3.8) is 0 Å². The number of rotatable bonds is 5. The molecule has 0 saturated carbocycles. The number of alkyl halides is 3. The fraction of sp³-hybridized carbons (Fsp3) is 0.174. The van der Waals surface area contributed by atoms with E-state index in [9.17, 15) is 31.2 Å². The Morgan fingerprint density at radius 3 is 2.19 bits per heavy atom. The summed E-state index contributed by atoms with van der Waals surface area (Å²) in [5.41, 5.74) is -2.88. The van der Waals surface area contributed by atoms with Crippen molar-refractivity contribution < 1.29 is 31.2 Å². The Balaban J connectivity index is 1.79. The van der Waals surface area contributed by atoms with Gasteiger partial charge in [-0.3, -0.25) is 24.2 Å². The molecule has 188 valence electrons. The summed E-state index contributed by atoms with van der Waals surface area (Å²) in [5.74, 6) is -1.60. The second kappa shape index (κ2) is 8.75. The van der Waals surface area contributed by atoms with Crippen LogP contribution in [0.2, 0.25) is 10.0 Å². The zero-order valence-electron chi connectivity index (χ0n) is 18.5. The number of nitrogens with zero attached hydrogens (tertiary/aromatic N) is 2. The van der Waals surface area contributed by atoms with Crippen molar-refractivity contribution in [2.45, 2.75) is 30.5 Å². The van der Waals surface area contributed by atoms with Crippen molar-refractivity contribution in [2.75, 3.05) is 4.72 Å². The summed E-state index contributed by atoms with van der Waals surface area (Å²) < 4.78 is 67.9. The molecule has 0 radical (unpaired) electrons. The van der Waals surface area contributed by atoms with E-state index in [0.29, 0.717) is 11.6 Å². The average Bonchev–Trinajstić information content (AvgIpc) is 3.07. The molecule has 0 atom stereocenters. The van der Waals surface area contributed by atoms with Gasteiger partial charge in [0.15, 0.2) is 0 Å². The van der Waals surface area contributed by atoms with Crippen LogP contribution in [0, 0.1) is 0 Å². The largest absolute Gasteiger partial charge is 0.417 e. The summed E-state index contributed by atoms with van der Waals surface area (Å²) in [5, 5.41) is -0.774. The van der Waals surface area contributed by atoms with E-state index in [0.717, 1.165) is 23.1 Å². The maximum atomic E-state index is 13.5. The first-order chi connectivity index (χ1) is 16.7. The molecule has 4 rings (SSSR count). The Bertz CT molecular complexity index is 1510. The van der Waals surface area contributed by atoms with Crippen LogP contribution in [0.1, 0.15) is 45.7 Å². The molecule has 2 heterocycles. The predicted octanol–water partition coefficient (Wildman–Crippen LogP) is 5.74. The minimum absolute atomic E-state index is 0.0957. The number of sulfonamides is 1. The lowest BCUT2D eigenvalue weighted by molar-refractivity contribution is -0.137. The summed E-state index contributed by atoms with van der Waals surface area (Å²) >= 11 is 11.8. The molecule has 36 heavy (non-hydrogen) atoms. The highest BCUT2D eigenvalue weighted by Crippen LogP contribution is 2.42. The van der Waals surface area contributed by atoms with Gasteiger partial charge in [-0.15, -0.1) is 0 Å². The summed E-state index contributed by atoms with van der Waals surface area (Å²) in [6.45, 7) is 3.21. The van der Waals surface area contributed by atoms with Gasteiger partial charge in [-0.25, -0.2) is 8.42 Å². The second-order valence-corrected chi connectivity index (χ2v) is 10.8. The molecular weight excluding hydrogens is 542 g/mol. The summed E-state index contributed by atoms with van der Waals surface area (Å²) in [6, 6.07) is 7.74. The lowest BCUT2D eigenvalue weighted by Crippen LogP contribution is -2.45. The van der Waals surface area contributed by atoms with Crippen molar-refractivity contribution in [3.05, 3.63) is 87.2 Å². The van der Waals surface area contributed by atoms with Gasteiger partial charge in [0, 0.05) is 12.4 Å². The third kappa shape index (κ3) is 4.31. The van der Waals surface area contributed by atoms with Crippen molar-refractivity contribution in [2.24, 2.45) is 0 Å². The van der Waals surface area contributed by atoms with E-state index in [1.807, 2.05) is 0 Å². The van der Waals surface area contributed by atoms with Gasteiger partial charge in [0.05, 0.1) is 42.9 Å². The first-order valence-corrected chi connectivity index (χ1v) is 12.4. The Kier molecular flexibility index (Phi) is 6.30. The fourth-order valence-corrected chi connectivity index (χ4v) is 5.42. The van der Waals surface area contributed by atoms with Crippen LogP contribution in [0.5, 0.6) is 0 Å². The number of halogens is 5. The molecule has 0 fully saturated rings. The molecule has 1 aliphatic rings. The molecule has 1 aliphatic heterocycles. The van der Waals surface area contributed by atoms with Crippen LogP contribution < -0.4 is 4.72 Å². The molecule has 0 unspecified atom stereocenters. The summed E-state index contributed by atoms with van der Waals surface area (Å²) in [6.07, 6.45) is -1.90. The third-order valence-corrected chi connectivity index (χ3v) is 7.72. The van der Waals surface area contributed by atoms with Crippen molar-refractivity contribution in [3.8, 4) is 0 Å². The maximum Gasteiger partial charge on any atom is 0.417 e. The van der Waals surface area contributed by atoms with Gasteiger partial charge in [0.2, 0.25) is 0 Å². The summed E-state index contributed by atoms with van der Waals surface area (Å²) in [7, 11) is -4.64. The predicted molar refractivity (Wildman–Crippen MR) is 126 cm³/mol. The van der Waals surface area contributed by atoms with Gasteiger partial charge >= 0.3 is 6.18 Å². The quantitative estimate of drug-likeness (QED) is 0.403. The molecule has 0 saturated heterocycles. The van der Waals surface area contributed by atoms with Gasteiger partial charge in [-0.05, 0) is 55.8 Å². The standard InChI is InChI=1S/C23H16Cl2F3N3O4S/c1-22(2,12-4-3-9-29-11-12)31-20(32)18-16(25)7-8-17(19(18)21(31)33)30-36(34,35)13-5-6-15(24)14(10-13)23(26,27)28/h3-11,30H,1-2H3. The number of hydrogen-bond acceptors (Lipinski definition) is 5. The Morgan fingerprint density at radius 1 is 0.944 bits per heavy atom. The van der Waals surface area contributed by atoms with E-state index in [2.05, 4.69) is 9.71 Å². The number of hydrogen-bond donors (Lipinski definition) is 1. The first-order valence-electron chi connectivity index (χ1n) is 10.2. The van der Waals surface area contributed by atoms with Gasteiger partial charge in [0.25, 0.3) is 21.8 Å². The van der Waals surface area contributed by atoms with Crippen molar-refractivity contribution in [1.82, 2.24) is 9.88 Å². The number of amides is 2. The normalized spacial score (nSPS) is 14.2. The third-order valence-electron chi connectivity index (χ3n) is 5.71. The lowest BCUT2D eigenvalue weighted by atomic mass is 9.94. The smallest absolute Gasteiger partial charge is 0.279 e.